The molecule has 3 amide bonds. The van der Waals surface area contributed by atoms with Crippen molar-refractivity contribution in [2.45, 2.75) is 26.3 Å². The first-order valence-corrected chi connectivity index (χ1v) is 11.6. The Morgan fingerprint density at radius 2 is 1.94 bits per heavy atom. The van der Waals surface area contributed by atoms with Gasteiger partial charge in [-0.05, 0) is 59.1 Å². The number of nitrogens with zero attached hydrogens (tertiary/aromatic N) is 1. The van der Waals surface area contributed by atoms with E-state index < -0.39 is 17.7 Å². The van der Waals surface area contributed by atoms with Crippen LogP contribution in [0.2, 0.25) is 10.0 Å². The first kappa shape index (κ1) is 27.4. The normalized spacial score (nSPS) is 11.6. The Morgan fingerprint density at radius 3 is 2.62 bits per heavy atom. The lowest BCUT2D eigenvalue weighted by Crippen LogP contribution is -2.41. The Bertz CT molecular complexity index is 1100. The molecule has 0 aliphatic rings. The zero-order valence-electron chi connectivity index (χ0n) is 18.6. The van der Waals surface area contributed by atoms with E-state index in [1.54, 1.807) is 37.3 Å². The smallest absolute Gasteiger partial charge is 0.329 e. The number of carbonyl (C=O) groups excluding carboxylic acids is 3. The minimum absolute atomic E-state index is 0.125. The van der Waals surface area contributed by atoms with E-state index in [9.17, 15) is 14.4 Å². The number of carbonyl (C=O) groups is 3. The van der Waals surface area contributed by atoms with Crippen molar-refractivity contribution in [1.29, 1.82) is 0 Å². The van der Waals surface area contributed by atoms with Crippen LogP contribution in [0.1, 0.15) is 25.8 Å². The van der Waals surface area contributed by atoms with E-state index in [1.807, 2.05) is 6.92 Å². The zero-order valence-corrected chi connectivity index (χ0v) is 21.7. The van der Waals surface area contributed by atoms with Gasteiger partial charge in [-0.25, -0.2) is 5.43 Å². The van der Waals surface area contributed by atoms with Crippen LogP contribution in [0.5, 0.6) is 11.5 Å². The highest BCUT2D eigenvalue weighted by molar-refractivity contribution is 9.10. The third kappa shape index (κ3) is 7.89. The molecule has 0 saturated carbocycles. The molecule has 0 saturated heterocycles. The highest BCUT2D eigenvalue weighted by atomic mass is 79.9. The van der Waals surface area contributed by atoms with Gasteiger partial charge in [0.05, 0.1) is 33.5 Å². The average Bonchev–Trinajstić information content (AvgIpc) is 2.80. The third-order valence-electron chi connectivity index (χ3n) is 4.40. The predicted molar refractivity (Wildman–Crippen MR) is 135 cm³/mol. The van der Waals surface area contributed by atoms with Gasteiger partial charge in [-0.2, -0.15) is 5.10 Å². The topological polar surface area (TPSA) is 118 Å². The lowest BCUT2D eigenvalue weighted by molar-refractivity contribution is -0.139. The van der Waals surface area contributed by atoms with Crippen molar-refractivity contribution < 1.29 is 23.9 Å². The molecule has 0 unspecified atom stereocenters. The second kappa shape index (κ2) is 13.2. The van der Waals surface area contributed by atoms with E-state index in [2.05, 4.69) is 37.1 Å². The van der Waals surface area contributed by atoms with Gasteiger partial charge in [0, 0.05) is 6.04 Å². The maximum atomic E-state index is 12.3. The minimum atomic E-state index is -0.881. The number of nitrogens with one attached hydrogen (secondary N) is 3. The summed E-state index contributed by atoms with van der Waals surface area (Å²) in [4.78, 5) is 35.8. The van der Waals surface area contributed by atoms with E-state index in [1.165, 1.54) is 13.3 Å². The molecular formula is C22H23BrCl2N4O5. The Balaban J connectivity index is 2.01. The van der Waals surface area contributed by atoms with E-state index in [-0.39, 0.29) is 23.4 Å². The van der Waals surface area contributed by atoms with E-state index >= 15 is 0 Å². The number of hydrogen-bond donors (Lipinski definition) is 3. The van der Waals surface area contributed by atoms with Crippen LogP contribution in [-0.2, 0) is 14.4 Å². The van der Waals surface area contributed by atoms with Gasteiger partial charge < -0.3 is 20.1 Å². The summed E-state index contributed by atoms with van der Waals surface area (Å²) in [6, 6.07) is 7.98. The molecule has 2 aromatic carbocycles. The first-order valence-electron chi connectivity index (χ1n) is 10.0. The SMILES string of the molecule is CC[C@H](C)NC(=O)C(=O)N/N=C\c1cc(Br)c(OCC(=O)Nc2cccc(Cl)c2Cl)c(OC)c1. The van der Waals surface area contributed by atoms with Crippen molar-refractivity contribution in [3.8, 4) is 11.5 Å². The molecule has 0 spiro atoms. The van der Waals surface area contributed by atoms with Crippen molar-refractivity contribution in [2.75, 3.05) is 19.0 Å². The summed E-state index contributed by atoms with van der Waals surface area (Å²) in [5.41, 5.74) is 3.06. The number of ether oxygens (including phenoxy) is 2. The summed E-state index contributed by atoms with van der Waals surface area (Å²) in [5, 5.41) is 9.49. The molecule has 0 radical (unpaired) electrons. The number of hydrogen-bond acceptors (Lipinski definition) is 6. The van der Waals surface area contributed by atoms with Crippen molar-refractivity contribution in [1.82, 2.24) is 10.7 Å². The Kier molecular flexibility index (Phi) is 10.6. The Labute approximate surface area is 215 Å². The van der Waals surface area contributed by atoms with E-state index in [0.29, 0.717) is 32.9 Å². The lowest BCUT2D eigenvalue weighted by atomic mass is 10.2. The van der Waals surface area contributed by atoms with Crippen molar-refractivity contribution in [3.05, 3.63) is 50.4 Å². The summed E-state index contributed by atoms with van der Waals surface area (Å²) in [6.07, 6.45) is 2.03. The summed E-state index contributed by atoms with van der Waals surface area (Å²) >= 11 is 15.4. The Hall–Kier alpha value is -2.82. The predicted octanol–water partition coefficient (Wildman–Crippen LogP) is 4.15. The van der Waals surface area contributed by atoms with Crippen LogP contribution in [0, 0.1) is 0 Å². The minimum Gasteiger partial charge on any atom is -0.493 e. The van der Waals surface area contributed by atoms with Crippen molar-refractivity contribution >= 4 is 68.8 Å². The number of rotatable bonds is 9. The second-order valence-corrected chi connectivity index (χ2v) is 8.59. The van der Waals surface area contributed by atoms with Crippen LogP contribution in [0.3, 0.4) is 0 Å². The van der Waals surface area contributed by atoms with Crippen molar-refractivity contribution in [3.63, 3.8) is 0 Å². The van der Waals surface area contributed by atoms with E-state index in [0.717, 1.165) is 0 Å². The van der Waals surface area contributed by atoms with Crippen LogP contribution in [0.4, 0.5) is 5.69 Å². The van der Waals surface area contributed by atoms with Gasteiger partial charge in [-0.3, -0.25) is 14.4 Å². The first-order chi connectivity index (χ1) is 16.2. The number of halogens is 3. The monoisotopic (exact) mass is 572 g/mol. The summed E-state index contributed by atoms with van der Waals surface area (Å²) in [5.74, 6) is -1.52. The average molecular weight is 574 g/mol. The summed E-state index contributed by atoms with van der Waals surface area (Å²) in [7, 11) is 1.43. The quantitative estimate of drug-likeness (QED) is 0.237. The number of benzene rings is 2. The van der Waals surface area contributed by atoms with Gasteiger partial charge in [0.15, 0.2) is 18.1 Å². The molecule has 0 aliphatic heterocycles. The lowest BCUT2D eigenvalue weighted by Gasteiger charge is -2.14. The number of amides is 3. The Morgan fingerprint density at radius 1 is 1.21 bits per heavy atom. The van der Waals surface area contributed by atoms with Gasteiger partial charge in [-0.1, -0.05) is 36.2 Å². The molecule has 34 heavy (non-hydrogen) atoms. The van der Waals surface area contributed by atoms with Crippen LogP contribution in [0.15, 0.2) is 39.9 Å². The van der Waals surface area contributed by atoms with E-state index in [4.69, 9.17) is 32.7 Å². The number of anilines is 1. The van der Waals surface area contributed by atoms with Crippen LogP contribution < -0.4 is 25.5 Å². The van der Waals surface area contributed by atoms with Gasteiger partial charge in [0.25, 0.3) is 5.91 Å². The number of hydrazone groups is 1. The molecule has 1 atom stereocenters. The number of methoxy groups -OCH3 is 1. The fraction of sp³-hybridized carbons (Fsp3) is 0.273. The molecule has 12 heteroatoms. The molecule has 182 valence electrons. The molecule has 9 nitrogen and oxygen atoms in total. The molecule has 0 aromatic heterocycles. The van der Waals surface area contributed by atoms with Gasteiger partial charge in [-0.15, -0.1) is 0 Å². The summed E-state index contributed by atoms with van der Waals surface area (Å²) < 4.78 is 11.4. The maximum Gasteiger partial charge on any atom is 0.329 e. The van der Waals surface area contributed by atoms with Gasteiger partial charge >= 0.3 is 11.8 Å². The molecule has 2 rings (SSSR count). The fourth-order valence-corrected chi connectivity index (χ4v) is 3.41. The summed E-state index contributed by atoms with van der Waals surface area (Å²) in [6.45, 7) is 3.35. The highest BCUT2D eigenvalue weighted by Crippen LogP contribution is 2.36. The molecule has 3 N–H and O–H groups in total. The molecule has 0 fully saturated rings. The standard InChI is InChI=1S/C22H23BrCl2N4O5/c1-4-12(2)27-21(31)22(32)29-26-10-13-8-14(23)20(17(9-13)33-3)34-11-18(30)28-16-7-5-6-15(24)19(16)25/h5-10,12H,4,11H2,1-3H3,(H,27,31)(H,28,30)(H,29,32)/b26-10-/t12-/m0/s1. The molecule has 0 aliphatic carbocycles. The second-order valence-electron chi connectivity index (χ2n) is 6.95. The molecule has 2 aromatic rings. The molecule has 0 bridgehead atoms. The van der Waals surface area contributed by atoms with Gasteiger partial charge in [0.2, 0.25) is 0 Å². The third-order valence-corrected chi connectivity index (χ3v) is 5.81. The fourth-order valence-electron chi connectivity index (χ4n) is 2.49. The maximum absolute atomic E-state index is 12.3. The van der Waals surface area contributed by atoms with Gasteiger partial charge in [0.1, 0.15) is 0 Å². The van der Waals surface area contributed by atoms with Crippen LogP contribution in [-0.4, -0.2) is 43.7 Å². The molecule has 0 heterocycles. The van der Waals surface area contributed by atoms with Crippen LogP contribution >= 0.6 is 39.1 Å². The van der Waals surface area contributed by atoms with Crippen LogP contribution in [0.25, 0.3) is 0 Å². The highest BCUT2D eigenvalue weighted by Gasteiger charge is 2.16. The largest absolute Gasteiger partial charge is 0.493 e. The van der Waals surface area contributed by atoms with Crippen molar-refractivity contribution in [2.24, 2.45) is 5.10 Å². The molecular weight excluding hydrogens is 551 g/mol. The zero-order chi connectivity index (χ0) is 25.3.